The van der Waals surface area contributed by atoms with E-state index in [4.69, 9.17) is 0 Å². The molecule has 0 aliphatic carbocycles. The molecule has 1 heterocycles. The summed E-state index contributed by atoms with van der Waals surface area (Å²) in [5.41, 5.74) is 0.987. The minimum absolute atomic E-state index is 0.0159. The van der Waals surface area contributed by atoms with Gasteiger partial charge < -0.3 is 5.32 Å². The monoisotopic (exact) mass is 306 g/mol. The summed E-state index contributed by atoms with van der Waals surface area (Å²) in [4.78, 5) is 14.9. The number of nitrogens with zero attached hydrogens (tertiary/aromatic N) is 3. The highest BCUT2D eigenvalue weighted by Gasteiger charge is 2.16. The number of hydrogen-bond donors (Lipinski definition) is 1. The van der Waals surface area contributed by atoms with Gasteiger partial charge >= 0.3 is 0 Å². The highest BCUT2D eigenvalue weighted by Crippen LogP contribution is 2.27. The Morgan fingerprint density at radius 3 is 2.76 bits per heavy atom. The van der Waals surface area contributed by atoms with E-state index in [1.807, 2.05) is 26.8 Å². The van der Waals surface area contributed by atoms with Gasteiger partial charge in [0.15, 0.2) is 0 Å². The van der Waals surface area contributed by atoms with Crippen LogP contribution in [0.15, 0.2) is 24.3 Å². The second-order valence-corrected chi connectivity index (χ2v) is 5.82. The number of aromatic nitrogens is 2. The van der Waals surface area contributed by atoms with Crippen LogP contribution in [0.25, 0.3) is 0 Å². The summed E-state index contributed by atoms with van der Waals surface area (Å²) in [7, 11) is 0. The molecule has 1 atom stereocenters. The van der Waals surface area contributed by atoms with Crippen LogP contribution in [0, 0.1) is 10.1 Å². The van der Waals surface area contributed by atoms with Crippen molar-refractivity contribution in [1.82, 2.24) is 9.36 Å². The zero-order valence-electron chi connectivity index (χ0n) is 12.2. The molecule has 1 aromatic carbocycles. The number of non-ortho nitro benzene ring substituents is 1. The van der Waals surface area contributed by atoms with Crippen molar-refractivity contribution in [3.05, 3.63) is 45.8 Å². The number of nitro benzene ring substituents is 1. The number of anilines is 1. The Hall–Kier alpha value is -2.02. The fraction of sp³-hybridized carbons (Fsp3) is 0.429. The van der Waals surface area contributed by atoms with Gasteiger partial charge in [0.05, 0.1) is 11.0 Å². The van der Waals surface area contributed by atoms with E-state index < -0.39 is 0 Å². The standard InChI is InChI=1S/C14H18N4O2S/c1-4-12(10-6-5-7-11(8-10)18(19)20)15-14-16-13(9(2)3)17-21-14/h5-9,12H,4H2,1-3H3,(H,15,16,17)/t12-/m1/s1. The summed E-state index contributed by atoms with van der Waals surface area (Å²) in [6.45, 7) is 6.12. The molecule has 0 aliphatic heterocycles. The highest BCUT2D eigenvalue weighted by molar-refractivity contribution is 7.09. The molecule has 0 spiro atoms. The van der Waals surface area contributed by atoms with Crippen LogP contribution < -0.4 is 5.32 Å². The van der Waals surface area contributed by atoms with Crippen LogP contribution >= 0.6 is 11.5 Å². The summed E-state index contributed by atoms with van der Waals surface area (Å²) in [5, 5.41) is 14.9. The van der Waals surface area contributed by atoms with Gasteiger partial charge in [-0.1, -0.05) is 32.9 Å². The lowest BCUT2D eigenvalue weighted by Crippen LogP contribution is -2.10. The van der Waals surface area contributed by atoms with Crippen molar-refractivity contribution >= 4 is 22.4 Å². The molecule has 0 radical (unpaired) electrons. The molecule has 1 N–H and O–H groups in total. The van der Waals surface area contributed by atoms with Gasteiger partial charge in [-0.05, 0) is 12.0 Å². The third-order valence-corrected chi connectivity index (χ3v) is 3.81. The van der Waals surface area contributed by atoms with Crippen molar-refractivity contribution in [2.45, 2.75) is 39.2 Å². The van der Waals surface area contributed by atoms with E-state index in [0.29, 0.717) is 0 Å². The molecular weight excluding hydrogens is 288 g/mol. The Kier molecular flexibility index (Phi) is 4.85. The van der Waals surface area contributed by atoms with Gasteiger partial charge in [0.1, 0.15) is 5.82 Å². The summed E-state index contributed by atoms with van der Waals surface area (Å²) in [6, 6.07) is 6.68. The van der Waals surface area contributed by atoms with Gasteiger partial charge in [0.25, 0.3) is 5.69 Å². The molecule has 0 unspecified atom stereocenters. The number of nitrogens with one attached hydrogen (secondary N) is 1. The van der Waals surface area contributed by atoms with E-state index >= 15 is 0 Å². The average molecular weight is 306 g/mol. The first-order chi connectivity index (χ1) is 10.0. The van der Waals surface area contributed by atoms with E-state index in [1.54, 1.807) is 12.1 Å². The molecule has 0 saturated heterocycles. The van der Waals surface area contributed by atoms with Crippen LogP contribution in [0.1, 0.15) is 50.5 Å². The second kappa shape index (κ2) is 6.62. The van der Waals surface area contributed by atoms with Crippen molar-refractivity contribution in [2.75, 3.05) is 5.32 Å². The van der Waals surface area contributed by atoms with E-state index in [9.17, 15) is 10.1 Å². The van der Waals surface area contributed by atoms with Crippen LogP contribution in [0.2, 0.25) is 0 Å². The first kappa shape index (κ1) is 15.4. The number of hydrogen-bond acceptors (Lipinski definition) is 6. The van der Waals surface area contributed by atoms with Gasteiger partial charge in [0.2, 0.25) is 5.13 Å². The predicted octanol–water partition coefficient (Wildman–Crippen LogP) is 4.13. The Morgan fingerprint density at radius 2 is 2.19 bits per heavy atom. The molecule has 0 aliphatic rings. The molecule has 2 rings (SSSR count). The largest absolute Gasteiger partial charge is 0.353 e. The quantitative estimate of drug-likeness (QED) is 0.641. The smallest absolute Gasteiger partial charge is 0.269 e. The third-order valence-electron chi connectivity index (χ3n) is 3.15. The summed E-state index contributed by atoms with van der Waals surface area (Å²) < 4.78 is 4.30. The van der Waals surface area contributed by atoms with E-state index in [2.05, 4.69) is 14.7 Å². The molecule has 1 aromatic heterocycles. The SMILES string of the molecule is CC[C@@H](Nc1nc(C(C)C)ns1)c1cccc([N+](=O)[O-])c1. The molecule has 0 bridgehead atoms. The normalized spacial score (nSPS) is 12.4. The predicted molar refractivity (Wildman–Crippen MR) is 83.7 cm³/mol. The molecule has 21 heavy (non-hydrogen) atoms. The fourth-order valence-electron chi connectivity index (χ4n) is 1.95. The first-order valence-electron chi connectivity index (χ1n) is 6.85. The number of nitro groups is 1. The zero-order valence-corrected chi connectivity index (χ0v) is 13.1. The number of rotatable bonds is 6. The average Bonchev–Trinajstić information content (AvgIpc) is 2.93. The lowest BCUT2D eigenvalue weighted by atomic mass is 10.0. The van der Waals surface area contributed by atoms with Gasteiger partial charge in [-0.25, -0.2) is 4.98 Å². The van der Waals surface area contributed by atoms with Gasteiger partial charge in [-0.15, -0.1) is 0 Å². The molecule has 112 valence electrons. The van der Waals surface area contributed by atoms with Crippen LogP contribution in [0.4, 0.5) is 10.8 Å². The van der Waals surface area contributed by atoms with E-state index in [-0.39, 0.29) is 22.6 Å². The van der Waals surface area contributed by atoms with Crippen molar-refractivity contribution in [1.29, 1.82) is 0 Å². The van der Waals surface area contributed by atoms with Crippen molar-refractivity contribution in [2.24, 2.45) is 0 Å². The molecule has 0 amide bonds. The molecule has 0 saturated carbocycles. The Labute approximate surface area is 127 Å². The van der Waals surface area contributed by atoms with Gasteiger partial charge in [-0.3, -0.25) is 10.1 Å². The first-order valence-corrected chi connectivity index (χ1v) is 7.63. The molecule has 6 nitrogen and oxygen atoms in total. The van der Waals surface area contributed by atoms with Crippen molar-refractivity contribution < 1.29 is 4.92 Å². The van der Waals surface area contributed by atoms with E-state index in [1.165, 1.54) is 17.6 Å². The zero-order chi connectivity index (χ0) is 15.4. The lowest BCUT2D eigenvalue weighted by Gasteiger charge is -2.16. The van der Waals surface area contributed by atoms with Gasteiger partial charge in [-0.2, -0.15) is 4.37 Å². The molecule has 0 fully saturated rings. The van der Waals surface area contributed by atoms with Crippen molar-refractivity contribution in [3.63, 3.8) is 0 Å². The summed E-state index contributed by atoms with van der Waals surface area (Å²) >= 11 is 1.32. The Bertz CT molecular complexity index is 627. The van der Waals surface area contributed by atoms with Crippen LogP contribution in [-0.2, 0) is 0 Å². The highest BCUT2D eigenvalue weighted by atomic mass is 32.1. The summed E-state index contributed by atoms with van der Waals surface area (Å²) in [5.74, 6) is 1.10. The van der Waals surface area contributed by atoms with E-state index in [0.717, 1.165) is 22.9 Å². The minimum Gasteiger partial charge on any atom is -0.353 e. The Morgan fingerprint density at radius 1 is 1.43 bits per heavy atom. The maximum atomic E-state index is 10.9. The van der Waals surface area contributed by atoms with Crippen LogP contribution in [0.5, 0.6) is 0 Å². The topological polar surface area (TPSA) is 81.0 Å². The molecular formula is C14H18N4O2S. The third kappa shape index (κ3) is 3.75. The maximum absolute atomic E-state index is 10.9. The summed E-state index contributed by atoms with van der Waals surface area (Å²) in [6.07, 6.45) is 0.803. The number of benzene rings is 1. The maximum Gasteiger partial charge on any atom is 0.269 e. The minimum atomic E-state index is -0.377. The molecule has 7 heteroatoms. The van der Waals surface area contributed by atoms with Crippen LogP contribution in [0.3, 0.4) is 0 Å². The Balaban J connectivity index is 2.19. The van der Waals surface area contributed by atoms with Crippen molar-refractivity contribution in [3.8, 4) is 0 Å². The lowest BCUT2D eigenvalue weighted by molar-refractivity contribution is -0.384. The van der Waals surface area contributed by atoms with Gasteiger partial charge in [0, 0.05) is 29.6 Å². The second-order valence-electron chi connectivity index (χ2n) is 5.07. The molecule has 2 aromatic rings. The fourth-order valence-corrected chi connectivity index (χ4v) is 2.71. The van der Waals surface area contributed by atoms with Crippen LogP contribution in [-0.4, -0.2) is 14.3 Å².